The van der Waals surface area contributed by atoms with E-state index in [9.17, 15) is 0 Å². The van der Waals surface area contributed by atoms with E-state index in [4.69, 9.17) is 0 Å². The van der Waals surface area contributed by atoms with Crippen LogP contribution in [0.2, 0.25) is 0 Å². The van der Waals surface area contributed by atoms with Crippen LogP contribution in [0.3, 0.4) is 0 Å². The summed E-state index contributed by atoms with van der Waals surface area (Å²) in [6.07, 6.45) is 7.97. The molecule has 64 valence electrons. The van der Waals surface area contributed by atoms with E-state index in [0.29, 0.717) is 0 Å². The maximum Gasteiger partial charge on any atom is 0.0170 e. The Hall–Kier alpha value is 0.470. The lowest BCUT2D eigenvalue weighted by Crippen LogP contribution is -2.14. The normalized spacial score (nSPS) is 27.9. The first-order valence-electron chi connectivity index (χ1n) is 4.55. The Kier molecular flexibility index (Phi) is 3.90. The van der Waals surface area contributed by atoms with Gasteiger partial charge in [0.1, 0.15) is 0 Å². The summed E-state index contributed by atoms with van der Waals surface area (Å²) in [5.74, 6) is 0.870. The maximum absolute atomic E-state index is 2.59. The van der Waals surface area contributed by atoms with Crippen molar-refractivity contribution in [2.24, 2.45) is 5.92 Å². The van der Waals surface area contributed by atoms with Crippen LogP contribution >= 0.6 is 22.6 Å². The molecule has 0 saturated carbocycles. The van der Waals surface area contributed by atoms with Gasteiger partial charge in [0.05, 0.1) is 0 Å². The molecule has 0 aromatic rings. The molecule has 0 aliphatic heterocycles. The zero-order valence-corrected chi connectivity index (χ0v) is 9.60. The van der Waals surface area contributed by atoms with Crippen molar-refractivity contribution >= 4 is 22.6 Å². The van der Waals surface area contributed by atoms with Crippen LogP contribution < -0.4 is 0 Å². The number of halogens is 1. The molecule has 1 aliphatic rings. The van der Waals surface area contributed by atoms with E-state index >= 15 is 0 Å². The summed E-state index contributed by atoms with van der Waals surface area (Å²) in [6.45, 7) is 4.56. The second-order valence-electron chi connectivity index (χ2n) is 3.49. The molecule has 11 heavy (non-hydrogen) atoms. The van der Waals surface area contributed by atoms with Gasteiger partial charge in [-0.3, -0.25) is 0 Å². The number of hydrogen-bond acceptors (Lipinski definition) is 0. The molecule has 0 aromatic carbocycles. The fourth-order valence-electron chi connectivity index (χ4n) is 1.74. The second-order valence-corrected chi connectivity index (χ2v) is 5.09. The Balaban J connectivity index is 2.51. The zero-order valence-electron chi connectivity index (χ0n) is 7.44. The predicted molar refractivity (Wildman–Crippen MR) is 59.2 cm³/mol. The Morgan fingerprint density at radius 1 is 1.73 bits per heavy atom. The monoisotopic (exact) mass is 264 g/mol. The van der Waals surface area contributed by atoms with E-state index < -0.39 is 0 Å². The molecule has 1 heteroatoms. The first-order chi connectivity index (χ1) is 5.24. The van der Waals surface area contributed by atoms with Gasteiger partial charge in [0, 0.05) is 3.92 Å². The minimum atomic E-state index is 0.864. The van der Waals surface area contributed by atoms with Crippen molar-refractivity contribution in [1.29, 1.82) is 0 Å². The highest BCUT2D eigenvalue weighted by molar-refractivity contribution is 14.1. The molecule has 2 unspecified atom stereocenters. The molecule has 0 N–H and O–H groups in total. The van der Waals surface area contributed by atoms with Gasteiger partial charge in [0.25, 0.3) is 0 Å². The van der Waals surface area contributed by atoms with Gasteiger partial charge in [-0.25, -0.2) is 0 Å². The molecule has 0 bridgehead atoms. The summed E-state index contributed by atoms with van der Waals surface area (Å²) in [6, 6.07) is 0. The second kappa shape index (κ2) is 4.48. The summed E-state index contributed by atoms with van der Waals surface area (Å²) in [4.78, 5) is 0. The lowest BCUT2D eigenvalue weighted by molar-refractivity contribution is 0.512. The largest absolute Gasteiger partial charge is 0.0820 e. The van der Waals surface area contributed by atoms with Gasteiger partial charge in [-0.2, -0.15) is 0 Å². The Morgan fingerprint density at radius 2 is 2.45 bits per heavy atom. The van der Waals surface area contributed by atoms with Gasteiger partial charge in [0.2, 0.25) is 0 Å². The highest BCUT2D eigenvalue weighted by atomic mass is 127. The Morgan fingerprint density at radius 3 is 3.00 bits per heavy atom. The quantitative estimate of drug-likeness (QED) is 0.402. The lowest BCUT2D eigenvalue weighted by atomic mass is 9.88. The van der Waals surface area contributed by atoms with Gasteiger partial charge in [0.15, 0.2) is 0 Å². The maximum atomic E-state index is 2.59. The predicted octanol–water partition coefficient (Wildman–Crippen LogP) is 3.95. The van der Waals surface area contributed by atoms with E-state index in [1.54, 1.807) is 5.57 Å². The first kappa shape index (κ1) is 9.56. The van der Waals surface area contributed by atoms with Crippen molar-refractivity contribution in [2.75, 3.05) is 0 Å². The van der Waals surface area contributed by atoms with Crippen LogP contribution in [0, 0.1) is 5.92 Å². The smallest absolute Gasteiger partial charge is 0.0170 e. The van der Waals surface area contributed by atoms with E-state index in [-0.39, 0.29) is 0 Å². The third-order valence-electron chi connectivity index (χ3n) is 2.46. The minimum Gasteiger partial charge on any atom is -0.0820 e. The molecular weight excluding hydrogens is 247 g/mol. The van der Waals surface area contributed by atoms with Gasteiger partial charge in [-0.15, -0.1) is 0 Å². The van der Waals surface area contributed by atoms with Crippen molar-refractivity contribution < 1.29 is 0 Å². The number of hydrogen-bond donors (Lipinski definition) is 0. The standard InChI is InChI=1S/C10H17I/c1-3-10(11)9-6-4-5-8(2)7-9/h7,9-10H,3-6H2,1-2H3. The van der Waals surface area contributed by atoms with Gasteiger partial charge in [-0.05, 0) is 38.5 Å². The first-order valence-corrected chi connectivity index (χ1v) is 5.80. The highest BCUT2D eigenvalue weighted by Crippen LogP contribution is 2.30. The van der Waals surface area contributed by atoms with E-state index in [1.807, 2.05) is 0 Å². The van der Waals surface area contributed by atoms with Crippen LogP contribution in [-0.2, 0) is 0 Å². The molecule has 0 spiro atoms. The van der Waals surface area contributed by atoms with Crippen molar-refractivity contribution in [3.05, 3.63) is 11.6 Å². The molecule has 2 atom stereocenters. The molecular formula is C10H17I. The number of alkyl halides is 1. The van der Waals surface area contributed by atoms with E-state index in [0.717, 1.165) is 9.84 Å². The Bertz CT molecular complexity index is 149. The molecule has 0 radical (unpaired) electrons. The lowest BCUT2D eigenvalue weighted by Gasteiger charge is -2.23. The molecule has 1 aliphatic carbocycles. The van der Waals surface area contributed by atoms with Crippen molar-refractivity contribution in [1.82, 2.24) is 0 Å². The summed E-state index contributed by atoms with van der Waals surface area (Å²) >= 11 is 2.59. The van der Waals surface area contributed by atoms with Crippen molar-refractivity contribution in [3.8, 4) is 0 Å². The summed E-state index contributed by atoms with van der Waals surface area (Å²) in [5, 5.41) is 0. The van der Waals surface area contributed by atoms with Crippen LogP contribution in [-0.4, -0.2) is 3.92 Å². The molecule has 0 aromatic heterocycles. The van der Waals surface area contributed by atoms with Gasteiger partial charge < -0.3 is 0 Å². The fraction of sp³-hybridized carbons (Fsp3) is 0.800. The molecule has 0 nitrogen and oxygen atoms in total. The zero-order chi connectivity index (χ0) is 8.27. The molecule has 0 heterocycles. The minimum absolute atomic E-state index is 0.864. The highest BCUT2D eigenvalue weighted by Gasteiger charge is 2.17. The van der Waals surface area contributed by atoms with E-state index in [2.05, 4.69) is 42.5 Å². The van der Waals surface area contributed by atoms with Gasteiger partial charge in [-0.1, -0.05) is 41.2 Å². The SMILES string of the molecule is CCC(I)C1C=C(C)CCC1. The van der Waals surface area contributed by atoms with Crippen LogP contribution in [0.25, 0.3) is 0 Å². The average molecular weight is 264 g/mol. The third kappa shape index (κ3) is 2.77. The van der Waals surface area contributed by atoms with Crippen LogP contribution in [0.1, 0.15) is 39.5 Å². The summed E-state index contributed by atoms with van der Waals surface area (Å²) in [7, 11) is 0. The van der Waals surface area contributed by atoms with E-state index in [1.165, 1.54) is 25.7 Å². The topological polar surface area (TPSA) is 0 Å². The number of allylic oxidation sites excluding steroid dienone is 2. The van der Waals surface area contributed by atoms with Crippen molar-refractivity contribution in [2.45, 2.75) is 43.5 Å². The third-order valence-corrected chi connectivity index (χ3v) is 4.27. The number of rotatable bonds is 2. The van der Waals surface area contributed by atoms with Crippen LogP contribution in [0.5, 0.6) is 0 Å². The molecule has 1 rings (SSSR count). The van der Waals surface area contributed by atoms with Crippen LogP contribution in [0.4, 0.5) is 0 Å². The fourth-order valence-corrected chi connectivity index (χ4v) is 2.30. The Labute approximate surface area is 83.6 Å². The molecule has 0 amide bonds. The van der Waals surface area contributed by atoms with Crippen molar-refractivity contribution in [3.63, 3.8) is 0 Å². The summed E-state index contributed by atoms with van der Waals surface area (Å²) < 4.78 is 0.864. The molecule has 0 saturated heterocycles. The average Bonchev–Trinajstić information content (AvgIpc) is 2.03. The van der Waals surface area contributed by atoms with Gasteiger partial charge >= 0.3 is 0 Å². The molecule has 0 fully saturated rings. The van der Waals surface area contributed by atoms with Crippen LogP contribution in [0.15, 0.2) is 11.6 Å². The summed E-state index contributed by atoms with van der Waals surface area (Å²) in [5.41, 5.74) is 1.61.